The Morgan fingerprint density at radius 1 is 0.882 bits per heavy atom. The minimum Gasteiger partial charge on any atom is -0.458 e. The highest BCUT2D eigenvalue weighted by Crippen LogP contribution is 2.45. The molecule has 0 unspecified atom stereocenters. The van der Waals surface area contributed by atoms with Crippen molar-refractivity contribution in [3.63, 3.8) is 0 Å². The average Bonchev–Trinajstić information content (AvgIpc) is 3.59. The molecule has 0 aromatic carbocycles. The zero-order valence-corrected chi connectivity index (χ0v) is 44.1. The van der Waals surface area contributed by atoms with E-state index in [2.05, 4.69) is 0 Å². The number of hydrogen-bond acceptors (Lipinski definition) is 18. The molecule has 4 heterocycles. The summed E-state index contributed by atoms with van der Waals surface area (Å²) in [6, 6.07) is -0.279. The van der Waals surface area contributed by atoms with Crippen molar-refractivity contribution in [3.05, 3.63) is 0 Å². The monoisotopic (exact) mass is 971 g/mol. The number of carbonyl (C=O) groups excluding carboxylic acids is 3. The van der Waals surface area contributed by atoms with Crippen molar-refractivity contribution in [1.82, 2.24) is 4.90 Å². The molecule has 4 saturated heterocycles. The molecule has 1 aliphatic carbocycles. The number of carbonyl (C=O) groups is 3. The summed E-state index contributed by atoms with van der Waals surface area (Å²) < 4.78 is 70.8. The fourth-order valence-corrected chi connectivity index (χ4v) is 11.6. The first-order valence-electron chi connectivity index (χ1n) is 25.0. The molecule has 1 saturated carbocycles. The third-order valence-corrected chi connectivity index (χ3v) is 15.4. The van der Waals surface area contributed by atoms with Gasteiger partial charge >= 0.3 is 18.1 Å². The van der Waals surface area contributed by atoms with Gasteiger partial charge in [0.2, 0.25) is 5.79 Å². The van der Waals surface area contributed by atoms with E-state index < -0.39 is 120 Å². The van der Waals surface area contributed by atoms with E-state index in [0.29, 0.717) is 25.0 Å². The largest absolute Gasteiger partial charge is 0.509 e. The van der Waals surface area contributed by atoms with Crippen molar-refractivity contribution in [2.24, 2.45) is 28.8 Å². The first-order valence-corrected chi connectivity index (χ1v) is 25.0. The van der Waals surface area contributed by atoms with Crippen LogP contribution < -0.4 is 0 Å². The first kappa shape index (κ1) is 56.2. The van der Waals surface area contributed by atoms with E-state index in [-0.39, 0.29) is 37.5 Å². The zero-order valence-electron chi connectivity index (χ0n) is 44.1. The Kier molecular flexibility index (Phi) is 18.9. The number of rotatable bonds is 13. The average molecular weight is 971 g/mol. The minimum absolute atomic E-state index is 0.122. The second kappa shape index (κ2) is 22.8. The van der Waals surface area contributed by atoms with Crippen LogP contribution in [0.5, 0.6) is 0 Å². The van der Waals surface area contributed by atoms with Crippen LogP contribution in [0.15, 0.2) is 5.16 Å². The lowest BCUT2D eigenvalue weighted by Crippen LogP contribution is -2.62. The van der Waals surface area contributed by atoms with Gasteiger partial charge in [0, 0.05) is 58.2 Å². The fraction of sp³-hybridized carbons (Fsp3) is 0.920. The van der Waals surface area contributed by atoms with E-state index in [0.717, 1.165) is 19.3 Å². The number of nitrogens with zero attached hydrogens (tertiary/aromatic N) is 2. The number of ether oxygens (including phenoxy) is 11. The Hall–Kier alpha value is -2.68. The summed E-state index contributed by atoms with van der Waals surface area (Å²) in [6.07, 6.45) is -4.53. The Morgan fingerprint density at radius 3 is 2.10 bits per heavy atom. The number of hydrogen-bond donors (Lipinski definition) is 1. The van der Waals surface area contributed by atoms with Gasteiger partial charge in [-0.2, -0.15) is 0 Å². The third-order valence-electron chi connectivity index (χ3n) is 15.4. The highest BCUT2D eigenvalue weighted by atomic mass is 16.8. The van der Waals surface area contributed by atoms with Crippen LogP contribution in [-0.4, -0.2) is 158 Å². The summed E-state index contributed by atoms with van der Waals surface area (Å²) >= 11 is 0. The van der Waals surface area contributed by atoms with Crippen molar-refractivity contribution >= 4 is 23.8 Å². The molecule has 5 fully saturated rings. The van der Waals surface area contributed by atoms with Crippen molar-refractivity contribution in [1.29, 1.82) is 0 Å². The van der Waals surface area contributed by atoms with E-state index in [1.807, 2.05) is 74.4 Å². The van der Waals surface area contributed by atoms with E-state index >= 15 is 0 Å². The summed E-state index contributed by atoms with van der Waals surface area (Å²) in [5.74, 6) is -4.96. The van der Waals surface area contributed by atoms with Crippen LogP contribution in [-0.2, 0) is 66.5 Å². The normalized spacial score (nSPS) is 43.5. The van der Waals surface area contributed by atoms with Crippen molar-refractivity contribution in [2.45, 2.75) is 244 Å². The number of methoxy groups -OCH3 is 2. The van der Waals surface area contributed by atoms with Crippen LogP contribution in [0.4, 0.5) is 4.79 Å². The number of esters is 2. The van der Waals surface area contributed by atoms with Gasteiger partial charge in [0.15, 0.2) is 30.4 Å². The SMILES string of the molecule is CC[C@H]1OC(=O)[C@H](C)[C@@H](O[C@H]2C[C@@](C)(OC)[C@@H](O)[C@H](C)O2)[C@H](C)[C@@H](O[C@@H]2O[C@H](C)C[C@H](N(C)C)[C@H]2OC(C)=O)[C@](C)(OC)C[C@@H](C)C(=NOC2(OC(C)C)CCCCC2)[C@H](C)[C@H]2OC(=O)O[C@@]21C. The predicted molar refractivity (Wildman–Crippen MR) is 249 cm³/mol. The lowest BCUT2D eigenvalue weighted by atomic mass is 9.73. The van der Waals surface area contributed by atoms with Gasteiger partial charge in [-0.05, 0) is 102 Å². The highest BCUT2D eigenvalue weighted by molar-refractivity contribution is 5.89. The van der Waals surface area contributed by atoms with Crippen LogP contribution in [0, 0.1) is 23.7 Å². The number of fused-ring (bicyclic) bond motifs is 1. The van der Waals surface area contributed by atoms with Gasteiger partial charge in [0.05, 0.1) is 59.4 Å². The summed E-state index contributed by atoms with van der Waals surface area (Å²) in [5, 5.41) is 16.2. The Labute approximate surface area is 405 Å². The third kappa shape index (κ3) is 12.3. The van der Waals surface area contributed by atoms with Crippen LogP contribution in [0.25, 0.3) is 0 Å². The molecule has 0 bridgehead atoms. The molecule has 5 rings (SSSR count). The smallest absolute Gasteiger partial charge is 0.458 e. The van der Waals surface area contributed by atoms with Gasteiger partial charge in [0.1, 0.15) is 12.2 Å². The molecular weight excluding hydrogens is 885 g/mol. The van der Waals surface area contributed by atoms with E-state index in [1.165, 1.54) is 14.0 Å². The molecule has 68 heavy (non-hydrogen) atoms. The van der Waals surface area contributed by atoms with Crippen molar-refractivity contribution < 1.29 is 76.4 Å². The maximum absolute atomic E-state index is 14.9. The van der Waals surface area contributed by atoms with E-state index in [4.69, 9.17) is 62.1 Å². The second-order valence-corrected chi connectivity index (χ2v) is 21.5. The molecule has 0 aromatic rings. The molecule has 0 aromatic heterocycles. The second-order valence-electron chi connectivity index (χ2n) is 21.5. The van der Waals surface area contributed by atoms with Gasteiger partial charge in [-0.1, -0.05) is 39.3 Å². The maximum atomic E-state index is 14.9. The van der Waals surface area contributed by atoms with Crippen LogP contribution in [0.2, 0.25) is 0 Å². The van der Waals surface area contributed by atoms with Crippen molar-refractivity contribution in [3.8, 4) is 0 Å². The minimum atomic E-state index is -1.46. The lowest BCUT2D eigenvalue weighted by Gasteiger charge is -2.50. The molecule has 0 amide bonds. The summed E-state index contributed by atoms with van der Waals surface area (Å²) in [4.78, 5) is 49.7. The van der Waals surface area contributed by atoms with Crippen LogP contribution in [0.3, 0.4) is 0 Å². The molecule has 18 nitrogen and oxygen atoms in total. The Morgan fingerprint density at radius 2 is 1.53 bits per heavy atom. The molecule has 18 heteroatoms. The predicted octanol–water partition coefficient (Wildman–Crippen LogP) is 7.08. The van der Waals surface area contributed by atoms with Gasteiger partial charge < -0.3 is 66.9 Å². The summed E-state index contributed by atoms with van der Waals surface area (Å²) in [7, 11) is 6.96. The Balaban J connectivity index is 1.73. The van der Waals surface area contributed by atoms with Gasteiger partial charge in [-0.3, -0.25) is 9.59 Å². The quantitative estimate of drug-likeness (QED) is 0.0849. The van der Waals surface area contributed by atoms with Crippen molar-refractivity contribution in [2.75, 3.05) is 28.3 Å². The van der Waals surface area contributed by atoms with E-state index in [9.17, 15) is 19.5 Å². The zero-order chi connectivity index (χ0) is 50.7. The summed E-state index contributed by atoms with van der Waals surface area (Å²) in [5.41, 5.74) is -3.22. The topological polar surface area (TPSA) is 198 Å². The lowest BCUT2D eigenvalue weighted by molar-refractivity contribution is -0.320. The fourth-order valence-electron chi connectivity index (χ4n) is 11.6. The molecule has 18 atom stereocenters. The van der Waals surface area contributed by atoms with Gasteiger partial charge in [0.25, 0.3) is 0 Å². The first-order chi connectivity index (χ1) is 31.8. The van der Waals surface area contributed by atoms with Gasteiger partial charge in [-0.25, -0.2) is 4.79 Å². The maximum Gasteiger partial charge on any atom is 0.509 e. The molecule has 0 spiro atoms. The van der Waals surface area contributed by atoms with Crippen LogP contribution in [0.1, 0.15) is 148 Å². The molecule has 4 aliphatic heterocycles. The van der Waals surface area contributed by atoms with E-state index in [1.54, 1.807) is 34.8 Å². The Bertz CT molecular complexity index is 1730. The summed E-state index contributed by atoms with van der Waals surface area (Å²) in [6.45, 7) is 23.8. The number of oxime groups is 1. The number of cyclic esters (lactones) is 1. The van der Waals surface area contributed by atoms with Gasteiger partial charge in [-0.15, -0.1) is 0 Å². The molecule has 392 valence electrons. The molecule has 5 aliphatic rings. The molecular formula is C50H86N2O16. The van der Waals surface area contributed by atoms with Crippen LogP contribution >= 0.6 is 0 Å². The standard InChI is InChI=1S/C50H86N2O16/c1-18-36-49(13)43(65-46(56)67-49)30(6)38(51-68-50(66-27(2)3)22-20-19-21-23-50)28(4)25-48(12,58-17)42(64-45-40(61-34(10)53)35(52(14)15)24-29(5)59-45)31(7)39(32(8)44(55)62-36)63-37-26-47(11,57-16)41(54)33(9)60-37/h27-33,35-37,39-43,45,54H,18-26H2,1-17H3/t28-,29-,30+,31+,32-,33+,35+,36-,37+,39+,40-,41+,42-,43-,45+,47-,48-,49-/m1/s1. The molecule has 1 N–H and O–H groups in total. The highest BCUT2D eigenvalue weighted by Gasteiger charge is 2.60. The number of likely N-dealkylation sites (N-methyl/N-ethyl adjacent to an activating group) is 1. The molecule has 0 radical (unpaired) electrons. The number of aliphatic hydroxyl groups excluding tert-OH is 1. The number of aliphatic hydroxyl groups is 1.